The Morgan fingerprint density at radius 2 is 2.12 bits per heavy atom. The van der Waals surface area contributed by atoms with Gasteiger partial charge in [0.2, 0.25) is 0 Å². The summed E-state index contributed by atoms with van der Waals surface area (Å²) in [5.74, 6) is -0.250. The number of piperazine rings is 1. The minimum atomic E-state index is -0.492. The maximum absolute atomic E-state index is 13.3. The van der Waals surface area contributed by atoms with Crippen molar-refractivity contribution in [1.82, 2.24) is 9.88 Å². The van der Waals surface area contributed by atoms with Crippen LogP contribution < -0.4 is 4.90 Å². The van der Waals surface area contributed by atoms with E-state index in [9.17, 15) is 9.18 Å². The zero-order valence-corrected chi connectivity index (χ0v) is 15.2. The second-order valence-electron chi connectivity index (χ2n) is 7.08. The quantitative estimate of drug-likeness (QED) is 0.782. The summed E-state index contributed by atoms with van der Waals surface area (Å²) in [4.78, 5) is 20.7. The third-order valence-electron chi connectivity index (χ3n) is 3.86. The summed E-state index contributed by atoms with van der Waals surface area (Å²) >= 11 is 1.48. The first kappa shape index (κ1) is 17.0. The number of carbonyl (C=O) groups is 1. The molecule has 0 spiro atoms. The van der Waals surface area contributed by atoms with Crippen LogP contribution in [0.5, 0.6) is 0 Å². The molecular formula is C17H22FN3O2S. The van der Waals surface area contributed by atoms with Gasteiger partial charge in [0.25, 0.3) is 0 Å². The molecule has 0 N–H and O–H groups in total. The average molecular weight is 351 g/mol. The third kappa shape index (κ3) is 3.61. The van der Waals surface area contributed by atoms with Crippen molar-refractivity contribution in [3.05, 3.63) is 24.0 Å². The van der Waals surface area contributed by atoms with E-state index < -0.39 is 5.60 Å². The van der Waals surface area contributed by atoms with Gasteiger partial charge in [-0.15, -0.1) is 0 Å². The summed E-state index contributed by atoms with van der Waals surface area (Å²) in [5.41, 5.74) is 0.312. The Morgan fingerprint density at radius 1 is 1.38 bits per heavy atom. The van der Waals surface area contributed by atoms with Gasteiger partial charge >= 0.3 is 6.09 Å². The molecule has 2 heterocycles. The second kappa shape index (κ2) is 6.20. The fourth-order valence-corrected chi connectivity index (χ4v) is 3.86. The van der Waals surface area contributed by atoms with Gasteiger partial charge in [-0.05, 0) is 45.9 Å². The molecule has 0 radical (unpaired) electrons. The van der Waals surface area contributed by atoms with Crippen LogP contribution in [0.4, 0.5) is 14.3 Å². The summed E-state index contributed by atoms with van der Waals surface area (Å²) in [6.07, 6.45) is -0.277. The molecule has 3 rings (SSSR count). The first-order valence-corrected chi connectivity index (χ1v) is 8.85. The van der Waals surface area contributed by atoms with Crippen molar-refractivity contribution >= 4 is 32.8 Å². The number of nitrogens with zero attached hydrogens (tertiary/aromatic N) is 3. The molecule has 1 aromatic carbocycles. The van der Waals surface area contributed by atoms with Crippen LogP contribution in [0.2, 0.25) is 0 Å². The van der Waals surface area contributed by atoms with Crippen LogP contribution >= 0.6 is 11.3 Å². The van der Waals surface area contributed by atoms with E-state index in [0.717, 1.165) is 15.3 Å². The number of hydrogen-bond acceptors (Lipinski definition) is 5. The molecule has 1 fully saturated rings. The molecule has 0 saturated carbocycles. The number of halogens is 1. The van der Waals surface area contributed by atoms with Crippen molar-refractivity contribution in [2.45, 2.75) is 39.3 Å². The lowest BCUT2D eigenvalue weighted by atomic mass is 10.2. The van der Waals surface area contributed by atoms with Gasteiger partial charge in [0.1, 0.15) is 11.4 Å². The Hall–Kier alpha value is -1.89. The highest BCUT2D eigenvalue weighted by Gasteiger charge is 2.31. The van der Waals surface area contributed by atoms with Gasteiger partial charge in [-0.3, -0.25) is 0 Å². The predicted octanol–water partition coefficient (Wildman–Crippen LogP) is 3.88. The molecule has 1 aliphatic heterocycles. The van der Waals surface area contributed by atoms with E-state index in [1.54, 1.807) is 11.0 Å². The first-order chi connectivity index (χ1) is 11.2. The topological polar surface area (TPSA) is 45.7 Å². The molecule has 130 valence electrons. The van der Waals surface area contributed by atoms with E-state index in [4.69, 9.17) is 4.74 Å². The Kier molecular flexibility index (Phi) is 4.38. The average Bonchev–Trinajstić information content (AvgIpc) is 2.87. The Labute approximate surface area is 145 Å². The van der Waals surface area contributed by atoms with E-state index in [0.29, 0.717) is 19.6 Å². The van der Waals surface area contributed by atoms with Gasteiger partial charge < -0.3 is 14.5 Å². The number of thiazole rings is 1. The SMILES string of the molecule is CC1CN(C(=O)OC(C)(C)C)CCN1c1nc2ccc(F)cc2s1. The minimum Gasteiger partial charge on any atom is -0.444 e. The third-order valence-corrected chi connectivity index (χ3v) is 4.92. The molecule has 0 aliphatic carbocycles. The van der Waals surface area contributed by atoms with Crippen LogP contribution in [0.15, 0.2) is 18.2 Å². The highest BCUT2D eigenvalue weighted by Crippen LogP contribution is 2.31. The summed E-state index contributed by atoms with van der Waals surface area (Å²) in [5, 5.41) is 0.868. The molecule has 0 bridgehead atoms. The van der Waals surface area contributed by atoms with Crippen LogP contribution in [0.1, 0.15) is 27.7 Å². The lowest BCUT2D eigenvalue weighted by Crippen LogP contribution is -2.54. The summed E-state index contributed by atoms with van der Waals surface area (Å²) in [7, 11) is 0. The Bertz CT molecular complexity index is 756. The number of benzene rings is 1. The van der Waals surface area contributed by atoms with E-state index >= 15 is 0 Å². The number of anilines is 1. The molecular weight excluding hydrogens is 329 g/mol. The molecule has 1 saturated heterocycles. The number of rotatable bonds is 1. The normalized spacial score (nSPS) is 19.0. The molecule has 1 aromatic heterocycles. The molecule has 1 unspecified atom stereocenters. The number of aromatic nitrogens is 1. The van der Waals surface area contributed by atoms with Crippen molar-refractivity contribution in [2.75, 3.05) is 24.5 Å². The van der Waals surface area contributed by atoms with Crippen molar-refractivity contribution in [3.63, 3.8) is 0 Å². The molecule has 2 aromatic rings. The zero-order chi connectivity index (χ0) is 17.5. The van der Waals surface area contributed by atoms with E-state index in [-0.39, 0.29) is 18.0 Å². The first-order valence-electron chi connectivity index (χ1n) is 8.03. The highest BCUT2D eigenvalue weighted by molar-refractivity contribution is 7.22. The van der Waals surface area contributed by atoms with Gasteiger partial charge in [-0.2, -0.15) is 0 Å². The molecule has 5 nitrogen and oxygen atoms in total. The zero-order valence-electron chi connectivity index (χ0n) is 14.4. The van der Waals surface area contributed by atoms with Crippen LogP contribution in [-0.4, -0.2) is 47.3 Å². The maximum atomic E-state index is 13.3. The molecule has 1 atom stereocenters. The van der Waals surface area contributed by atoms with Crippen LogP contribution in [0.3, 0.4) is 0 Å². The van der Waals surface area contributed by atoms with E-state index in [1.807, 2.05) is 20.8 Å². The fourth-order valence-electron chi connectivity index (χ4n) is 2.74. The summed E-state index contributed by atoms with van der Waals surface area (Å²) in [6, 6.07) is 4.76. The lowest BCUT2D eigenvalue weighted by Gasteiger charge is -2.40. The van der Waals surface area contributed by atoms with Crippen LogP contribution in [0.25, 0.3) is 10.2 Å². The van der Waals surface area contributed by atoms with Crippen LogP contribution in [0, 0.1) is 5.82 Å². The highest BCUT2D eigenvalue weighted by atomic mass is 32.1. The van der Waals surface area contributed by atoms with Crippen molar-refractivity contribution in [2.24, 2.45) is 0 Å². The number of amides is 1. The summed E-state index contributed by atoms with van der Waals surface area (Å²) in [6.45, 7) is 9.51. The Morgan fingerprint density at radius 3 is 2.79 bits per heavy atom. The largest absolute Gasteiger partial charge is 0.444 e. The van der Waals surface area contributed by atoms with Gasteiger partial charge in [0, 0.05) is 25.7 Å². The van der Waals surface area contributed by atoms with Gasteiger partial charge in [0.15, 0.2) is 5.13 Å². The maximum Gasteiger partial charge on any atom is 0.410 e. The predicted molar refractivity (Wildman–Crippen MR) is 94.2 cm³/mol. The summed E-state index contributed by atoms with van der Waals surface area (Å²) < 4.78 is 19.6. The minimum absolute atomic E-state index is 0.122. The molecule has 24 heavy (non-hydrogen) atoms. The Balaban J connectivity index is 1.72. The van der Waals surface area contributed by atoms with Gasteiger partial charge in [-0.25, -0.2) is 14.2 Å². The molecule has 7 heteroatoms. The van der Waals surface area contributed by atoms with Crippen molar-refractivity contribution in [3.8, 4) is 0 Å². The van der Waals surface area contributed by atoms with Crippen molar-refractivity contribution < 1.29 is 13.9 Å². The number of hydrogen-bond donors (Lipinski definition) is 0. The fraction of sp³-hybridized carbons (Fsp3) is 0.529. The standard InChI is InChI=1S/C17H22FN3O2S/c1-11-10-20(16(22)23-17(2,3)4)7-8-21(11)15-19-13-6-5-12(18)9-14(13)24-15/h5-6,9,11H,7-8,10H2,1-4H3. The van der Waals surface area contributed by atoms with Gasteiger partial charge in [0.05, 0.1) is 10.2 Å². The van der Waals surface area contributed by atoms with E-state index in [2.05, 4.69) is 16.8 Å². The number of ether oxygens (including phenoxy) is 1. The van der Waals surface area contributed by atoms with Crippen molar-refractivity contribution in [1.29, 1.82) is 0 Å². The molecule has 1 aliphatic rings. The smallest absolute Gasteiger partial charge is 0.410 e. The monoisotopic (exact) mass is 351 g/mol. The number of fused-ring (bicyclic) bond motifs is 1. The molecule has 1 amide bonds. The van der Waals surface area contributed by atoms with E-state index in [1.165, 1.54) is 23.5 Å². The second-order valence-corrected chi connectivity index (χ2v) is 8.09. The van der Waals surface area contributed by atoms with Gasteiger partial charge in [-0.1, -0.05) is 11.3 Å². The van der Waals surface area contributed by atoms with Crippen LogP contribution in [-0.2, 0) is 4.74 Å². The lowest BCUT2D eigenvalue weighted by molar-refractivity contribution is 0.0219. The number of carbonyl (C=O) groups excluding carboxylic acids is 1.